The van der Waals surface area contributed by atoms with E-state index >= 15 is 0 Å². The quantitative estimate of drug-likeness (QED) is 0.0592. The first-order valence-electron chi connectivity index (χ1n) is 12.3. The van der Waals surface area contributed by atoms with Crippen LogP contribution in [0.2, 0.25) is 0 Å². The van der Waals surface area contributed by atoms with Crippen molar-refractivity contribution in [3.05, 3.63) is 170 Å². The van der Waals surface area contributed by atoms with Gasteiger partial charge in [0.25, 0.3) is 0 Å². The van der Waals surface area contributed by atoms with Crippen molar-refractivity contribution in [1.82, 2.24) is 0 Å². The Hall–Kier alpha value is -1.70. The normalized spacial score (nSPS) is 9.51. The van der Waals surface area contributed by atoms with Crippen molar-refractivity contribution in [2.75, 3.05) is 11.5 Å². The van der Waals surface area contributed by atoms with Crippen molar-refractivity contribution < 1.29 is 38.5 Å². The van der Waals surface area contributed by atoms with Crippen LogP contribution in [0.5, 0.6) is 0 Å². The first kappa shape index (κ1) is 39.3. The summed E-state index contributed by atoms with van der Waals surface area (Å²) in [5.74, 6) is 6.34. The van der Waals surface area contributed by atoms with E-state index in [1.165, 1.54) is 21.2 Å². The third kappa shape index (κ3) is 15.4. The molecule has 5 aromatic carbocycles. The molecular formula is C34H31CoFeOP2S2-. The fraction of sp³-hybridized carbons (Fsp3) is 0.0588. The molecule has 0 N–H and O–H groups in total. The largest absolute Gasteiger partial charge is 2.00 e. The first-order chi connectivity index (χ1) is 19.3. The Bertz CT molecular complexity index is 1110. The maximum Gasteiger partial charge on any atom is 2.00 e. The van der Waals surface area contributed by atoms with Crippen LogP contribution in [0.4, 0.5) is 0 Å². The second-order valence-electron chi connectivity index (χ2n) is 7.75. The molecule has 0 aromatic heterocycles. The molecule has 1 radical (unpaired) electrons. The number of hydrogen-bond acceptors (Lipinski definition) is 2. The monoisotopic (exact) mass is 696 g/mol. The second-order valence-corrected chi connectivity index (χ2v) is 12.7. The van der Waals surface area contributed by atoms with Gasteiger partial charge in [-0.15, -0.1) is 0 Å². The predicted molar refractivity (Wildman–Crippen MR) is 178 cm³/mol. The van der Waals surface area contributed by atoms with Gasteiger partial charge in [0.15, 0.2) is 0 Å². The number of rotatable bonds is 7. The Labute approximate surface area is 280 Å². The Kier molecular flexibility index (Phi) is 24.9. The summed E-state index contributed by atoms with van der Waals surface area (Å²) < 4.78 is 7.50. The van der Waals surface area contributed by atoms with E-state index in [1.54, 1.807) is 0 Å². The van der Waals surface area contributed by atoms with Gasteiger partial charge in [-0.05, 0) is 37.1 Å². The molecule has 0 spiro atoms. The van der Waals surface area contributed by atoms with Crippen LogP contribution in [0.3, 0.4) is 0 Å². The fourth-order valence-corrected chi connectivity index (χ4v) is 7.78. The molecule has 0 aliphatic rings. The minimum absolute atomic E-state index is 0. The van der Waals surface area contributed by atoms with E-state index < -0.39 is 15.8 Å². The number of benzene rings is 4. The predicted octanol–water partition coefficient (Wildman–Crippen LogP) is 7.17. The fourth-order valence-electron chi connectivity index (χ4n) is 3.45. The van der Waals surface area contributed by atoms with Crippen LogP contribution in [0, 0.1) is 6.65 Å². The Morgan fingerprint density at radius 1 is 0.512 bits per heavy atom. The molecule has 0 unspecified atom stereocenters. The van der Waals surface area contributed by atoms with E-state index in [9.17, 15) is 0 Å². The summed E-state index contributed by atoms with van der Waals surface area (Å²) in [5.41, 5.74) is 0. The third-order valence-electron chi connectivity index (χ3n) is 5.14. The van der Waals surface area contributed by atoms with Crippen LogP contribution in [0.1, 0.15) is 0 Å². The molecule has 0 heterocycles. The van der Waals surface area contributed by atoms with Crippen LogP contribution in [-0.2, 0) is 63.8 Å². The standard InChI is InChI=1S/C26H22P2.C5H5.C2H6S2.CO.Co.Fe/c1-5-13-23(14-6-1)27(24-15-7-2-8-16-24)21-22-28(25-17-9-3-10-18-25)26-19-11-4-12-20-26;1-2-4-5-3-1;3-1-2-4;1-2;;/h1-22H;1-5H;3-4H,1-2H2;;;/q;-1;;;+2;/p-2/b22-21-;;;;;. The van der Waals surface area contributed by atoms with Gasteiger partial charge >= 0.3 is 28.1 Å². The molecule has 5 aromatic rings. The van der Waals surface area contributed by atoms with Gasteiger partial charge in [0, 0.05) is 17.1 Å². The maximum atomic E-state index is 7.50. The molecule has 1 nitrogen and oxygen atoms in total. The molecule has 5 rings (SSSR count). The van der Waals surface area contributed by atoms with E-state index in [1.807, 2.05) is 30.3 Å². The van der Waals surface area contributed by atoms with Gasteiger partial charge < -0.3 is 25.3 Å². The summed E-state index contributed by atoms with van der Waals surface area (Å²) in [6.07, 6.45) is 0. The van der Waals surface area contributed by atoms with Crippen LogP contribution < -0.4 is 21.2 Å². The van der Waals surface area contributed by atoms with E-state index in [-0.39, 0.29) is 33.8 Å². The van der Waals surface area contributed by atoms with Crippen LogP contribution in [0.25, 0.3) is 0 Å². The van der Waals surface area contributed by atoms with E-state index in [0.29, 0.717) is 0 Å². The summed E-state index contributed by atoms with van der Waals surface area (Å²) >= 11 is 8.90. The van der Waals surface area contributed by atoms with E-state index in [4.69, 9.17) is 4.65 Å². The molecular weight excluding hydrogens is 665 g/mol. The van der Waals surface area contributed by atoms with Crippen molar-refractivity contribution in [2.24, 2.45) is 0 Å². The van der Waals surface area contributed by atoms with Gasteiger partial charge in [-0.2, -0.15) is 29.7 Å². The zero-order valence-corrected chi connectivity index (χ0v) is 27.9. The van der Waals surface area contributed by atoms with Gasteiger partial charge in [-0.25, -0.2) is 12.1 Å². The molecule has 213 valence electrons. The molecule has 41 heavy (non-hydrogen) atoms. The van der Waals surface area contributed by atoms with Crippen LogP contribution >= 0.6 is 15.8 Å². The van der Waals surface area contributed by atoms with E-state index in [2.05, 4.69) is 165 Å². The minimum atomic E-state index is -0.528. The van der Waals surface area contributed by atoms with Crippen molar-refractivity contribution >= 4 is 62.3 Å². The molecule has 0 aliphatic heterocycles. The Morgan fingerprint density at radius 3 is 0.927 bits per heavy atom. The zero-order chi connectivity index (χ0) is 28.0. The minimum Gasteiger partial charge on any atom is -0.794 e. The van der Waals surface area contributed by atoms with Gasteiger partial charge in [0.2, 0.25) is 0 Å². The molecule has 7 heteroatoms. The van der Waals surface area contributed by atoms with Crippen LogP contribution in [-0.4, -0.2) is 11.5 Å². The van der Waals surface area contributed by atoms with Crippen molar-refractivity contribution in [2.45, 2.75) is 0 Å². The summed E-state index contributed by atoms with van der Waals surface area (Å²) in [5, 5.41) is 5.54. The molecule has 0 aliphatic carbocycles. The Morgan fingerprint density at radius 2 is 0.756 bits per heavy atom. The van der Waals surface area contributed by atoms with Gasteiger partial charge in [0.05, 0.1) is 0 Å². The van der Waals surface area contributed by atoms with E-state index in [0.717, 1.165) is 11.5 Å². The SMILES string of the molecule is C(=C/P(c1ccccc1)c1ccccc1)/P(c1ccccc1)c1ccccc1.[C-]#[O+].[Co+2].[Fe].[S-]CC[S-].c1cc[cH-]c1. The van der Waals surface area contributed by atoms with Crippen LogP contribution in [0.15, 0.2) is 163 Å². The third-order valence-corrected chi connectivity index (χ3v) is 10.4. The van der Waals surface area contributed by atoms with Gasteiger partial charge in [-0.3, -0.25) is 0 Å². The molecule has 0 saturated carbocycles. The molecule has 0 saturated heterocycles. The summed E-state index contributed by atoms with van der Waals surface area (Å²) in [4.78, 5) is 0. The average molecular weight is 696 g/mol. The van der Waals surface area contributed by atoms with Crippen molar-refractivity contribution in [3.8, 4) is 0 Å². The topological polar surface area (TPSA) is 19.9 Å². The Balaban J connectivity index is 0.00000105. The molecule has 0 fully saturated rings. The molecule has 0 atom stereocenters. The van der Waals surface area contributed by atoms with Crippen molar-refractivity contribution in [1.29, 1.82) is 0 Å². The zero-order valence-electron chi connectivity index (χ0n) is 22.3. The molecule has 0 bridgehead atoms. The summed E-state index contributed by atoms with van der Waals surface area (Å²) in [6, 6.07) is 53.4. The summed E-state index contributed by atoms with van der Waals surface area (Å²) in [7, 11) is -1.06. The van der Waals surface area contributed by atoms with Gasteiger partial charge in [-0.1, -0.05) is 133 Å². The van der Waals surface area contributed by atoms with Crippen molar-refractivity contribution in [3.63, 3.8) is 0 Å². The average Bonchev–Trinajstić information content (AvgIpc) is 3.63. The second kappa shape index (κ2) is 26.0. The molecule has 0 amide bonds. The smallest absolute Gasteiger partial charge is 0.794 e. The maximum absolute atomic E-state index is 7.50. The number of hydrogen-bond donors (Lipinski definition) is 0. The summed E-state index contributed by atoms with van der Waals surface area (Å²) in [6.45, 7) is 4.50. The van der Waals surface area contributed by atoms with Gasteiger partial charge in [0.1, 0.15) is 0 Å². The first-order valence-corrected chi connectivity index (χ1v) is 16.3.